The third-order valence-corrected chi connectivity index (χ3v) is 10.3. The van der Waals surface area contributed by atoms with Gasteiger partial charge in [-0.05, 0) is 54.4 Å². The van der Waals surface area contributed by atoms with Crippen LogP contribution >= 0.6 is 35.1 Å². The lowest BCUT2D eigenvalue weighted by atomic mass is 10.1. The van der Waals surface area contributed by atoms with Gasteiger partial charge in [0.15, 0.2) is 0 Å². The molecule has 2 N–H and O–H groups in total. The smallest absolute Gasteiger partial charge is 0.326 e. The fraction of sp³-hybridized carbons (Fsp3) is 0.143. The lowest BCUT2D eigenvalue weighted by Gasteiger charge is -2.40. The van der Waals surface area contributed by atoms with Crippen LogP contribution in [0.3, 0.4) is 0 Å². The first kappa shape index (κ1) is 29.9. The minimum Gasteiger partial charge on any atom is -0.495 e. The first-order valence-electron chi connectivity index (χ1n) is 14.1. The standard InChI is InChI=1S/C35H30ClN3O3S2/c1-22-19-27(30(42-2)21-26(22)36)38-34(40)33(23-11-4-3-5-12-23)43-25-14-10-13-24(20-25)37-35(41)39-28-15-6-8-17-31(28)44-32-18-9-7-16-29(32)39/h3-21,28,31,33H,1-2H3,(H,37,41)(H,38,40). The summed E-state index contributed by atoms with van der Waals surface area (Å²) in [6.45, 7) is 1.88. The Morgan fingerprint density at radius 1 is 0.932 bits per heavy atom. The summed E-state index contributed by atoms with van der Waals surface area (Å²) in [5.41, 5.74) is 3.75. The number of urea groups is 1. The van der Waals surface area contributed by atoms with Crippen LogP contribution < -0.4 is 20.3 Å². The molecule has 6 rings (SSSR count). The SMILES string of the molecule is COc1cc(Cl)c(C)cc1NC(=O)C(Sc1cccc(NC(=O)N2c3ccccc3SC3C=CC=CC32)c1)c1ccccc1. The molecule has 3 unspecified atom stereocenters. The van der Waals surface area contributed by atoms with Gasteiger partial charge in [-0.2, -0.15) is 0 Å². The predicted octanol–water partition coefficient (Wildman–Crippen LogP) is 9.14. The zero-order chi connectivity index (χ0) is 30.6. The number of rotatable bonds is 7. The first-order chi connectivity index (χ1) is 21.4. The topological polar surface area (TPSA) is 70.7 Å². The number of anilines is 3. The van der Waals surface area contributed by atoms with Gasteiger partial charge in [-0.3, -0.25) is 9.69 Å². The molecule has 0 saturated carbocycles. The van der Waals surface area contributed by atoms with Crippen molar-refractivity contribution in [2.24, 2.45) is 0 Å². The van der Waals surface area contributed by atoms with Gasteiger partial charge in [0.05, 0.1) is 29.8 Å². The molecular weight excluding hydrogens is 610 g/mol. The number of hydrogen-bond acceptors (Lipinski definition) is 5. The predicted molar refractivity (Wildman–Crippen MR) is 183 cm³/mol. The van der Waals surface area contributed by atoms with Crippen molar-refractivity contribution >= 4 is 64.1 Å². The molecule has 2 aliphatic rings. The van der Waals surface area contributed by atoms with E-state index in [0.717, 1.165) is 26.6 Å². The van der Waals surface area contributed by atoms with Gasteiger partial charge in [0.1, 0.15) is 11.0 Å². The van der Waals surface area contributed by atoms with Crippen LogP contribution in [0.4, 0.5) is 21.9 Å². The highest BCUT2D eigenvalue weighted by atomic mass is 35.5. The van der Waals surface area contributed by atoms with Crippen molar-refractivity contribution in [2.75, 3.05) is 22.6 Å². The summed E-state index contributed by atoms with van der Waals surface area (Å²) in [4.78, 5) is 31.3. The number of nitrogens with zero attached hydrogens (tertiary/aromatic N) is 1. The normalized spacial score (nSPS) is 17.3. The number of ether oxygens (including phenoxy) is 1. The van der Waals surface area contributed by atoms with Crippen LogP contribution in [0.15, 0.2) is 125 Å². The number of fused-ring (bicyclic) bond motifs is 2. The highest BCUT2D eigenvalue weighted by Crippen LogP contribution is 2.44. The van der Waals surface area contributed by atoms with Crippen LogP contribution in [0, 0.1) is 6.92 Å². The molecule has 0 fully saturated rings. The van der Waals surface area contributed by atoms with E-state index in [1.54, 1.807) is 31.0 Å². The second-order valence-corrected chi connectivity index (χ2v) is 13.1. The summed E-state index contributed by atoms with van der Waals surface area (Å²) < 4.78 is 5.48. The molecule has 6 nitrogen and oxygen atoms in total. The molecule has 222 valence electrons. The number of para-hydroxylation sites is 1. The number of halogens is 1. The number of nitrogens with one attached hydrogen (secondary N) is 2. The Labute approximate surface area is 270 Å². The van der Waals surface area contributed by atoms with Gasteiger partial charge >= 0.3 is 6.03 Å². The molecule has 4 aromatic carbocycles. The van der Waals surface area contributed by atoms with Crippen LogP contribution in [0.1, 0.15) is 16.4 Å². The second-order valence-electron chi connectivity index (χ2n) is 10.3. The van der Waals surface area contributed by atoms with Gasteiger partial charge in [0.25, 0.3) is 0 Å². The van der Waals surface area contributed by atoms with Crippen molar-refractivity contribution in [3.8, 4) is 5.75 Å². The quantitative estimate of drug-likeness (QED) is 0.197. The van der Waals surface area contributed by atoms with E-state index in [1.807, 2.05) is 96.8 Å². The zero-order valence-corrected chi connectivity index (χ0v) is 26.5. The number of aryl methyl sites for hydroxylation is 1. The van der Waals surface area contributed by atoms with Crippen molar-refractivity contribution in [2.45, 2.75) is 33.3 Å². The summed E-state index contributed by atoms with van der Waals surface area (Å²) in [5.74, 6) is 0.278. The molecule has 44 heavy (non-hydrogen) atoms. The van der Waals surface area contributed by atoms with Crippen LogP contribution in [0.25, 0.3) is 0 Å². The molecule has 9 heteroatoms. The monoisotopic (exact) mass is 639 g/mol. The highest BCUT2D eigenvalue weighted by molar-refractivity contribution is 8.00. The van der Waals surface area contributed by atoms with Crippen molar-refractivity contribution in [1.82, 2.24) is 0 Å². The van der Waals surface area contributed by atoms with E-state index in [4.69, 9.17) is 16.3 Å². The van der Waals surface area contributed by atoms with Crippen molar-refractivity contribution in [1.29, 1.82) is 0 Å². The number of carbonyl (C=O) groups excluding carboxylic acids is 2. The third-order valence-electron chi connectivity index (χ3n) is 7.38. The van der Waals surface area contributed by atoms with Crippen molar-refractivity contribution < 1.29 is 14.3 Å². The van der Waals surface area contributed by atoms with Gasteiger partial charge in [-0.1, -0.05) is 84.4 Å². The summed E-state index contributed by atoms with van der Waals surface area (Å²) >= 11 is 9.46. The van der Waals surface area contributed by atoms with Crippen molar-refractivity contribution in [3.63, 3.8) is 0 Å². The summed E-state index contributed by atoms with van der Waals surface area (Å²) in [5, 5.41) is 6.27. The Kier molecular flexibility index (Phi) is 9.02. The minimum atomic E-state index is -0.575. The summed E-state index contributed by atoms with van der Waals surface area (Å²) in [6, 6.07) is 28.4. The van der Waals surface area contributed by atoms with E-state index < -0.39 is 5.25 Å². The molecule has 1 aliphatic heterocycles. The van der Waals surface area contributed by atoms with Crippen LogP contribution in [0.2, 0.25) is 5.02 Å². The van der Waals surface area contributed by atoms with Crippen molar-refractivity contribution in [3.05, 3.63) is 131 Å². The van der Waals surface area contributed by atoms with E-state index >= 15 is 0 Å². The minimum absolute atomic E-state index is 0.0999. The van der Waals surface area contributed by atoms with Gasteiger partial charge in [-0.15, -0.1) is 23.5 Å². The van der Waals surface area contributed by atoms with E-state index in [2.05, 4.69) is 28.9 Å². The summed E-state index contributed by atoms with van der Waals surface area (Å²) in [7, 11) is 1.54. The molecule has 3 atom stereocenters. The maximum absolute atomic E-state index is 13.8. The van der Waals surface area contributed by atoms with Gasteiger partial charge < -0.3 is 15.4 Å². The Morgan fingerprint density at radius 3 is 2.52 bits per heavy atom. The maximum atomic E-state index is 13.8. The molecule has 0 spiro atoms. The molecule has 1 heterocycles. The van der Waals surface area contributed by atoms with Gasteiger partial charge in [0.2, 0.25) is 5.91 Å². The van der Waals surface area contributed by atoms with E-state index in [1.165, 1.54) is 11.8 Å². The Bertz CT molecular complexity index is 1760. The molecule has 3 amide bonds. The van der Waals surface area contributed by atoms with E-state index in [0.29, 0.717) is 22.1 Å². The van der Waals surface area contributed by atoms with E-state index in [-0.39, 0.29) is 23.2 Å². The molecular formula is C35H30ClN3O3S2. The molecule has 0 saturated heterocycles. The first-order valence-corrected chi connectivity index (χ1v) is 16.2. The number of hydrogen-bond donors (Lipinski definition) is 2. The molecule has 0 bridgehead atoms. The highest BCUT2D eigenvalue weighted by Gasteiger charge is 2.36. The van der Waals surface area contributed by atoms with Gasteiger partial charge in [-0.25, -0.2) is 4.79 Å². The number of carbonyl (C=O) groups is 2. The fourth-order valence-electron chi connectivity index (χ4n) is 5.22. The molecule has 1 aliphatic carbocycles. The average Bonchev–Trinajstić information content (AvgIpc) is 3.04. The zero-order valence-electron chi connectivity index (χ0n) is 24.1. The molecule has 0 radical (unpaired) electrons. The largest absolute Gasteiger partial charge is 0.495 e. The maximum Gasteiger partial charge on any atom is 0.326 e. The average molecular weight is 640 g/mol. The van der Waals surface area contributed by atoms with Crippen LogP contribution in [0.5, 0.6) is 5.75 Å². The number of thioether (sulfide) groups is 2. The lowest BCUT2D eigenvalue weighted by Crippen LogP contribution is -2.49. The molecule has 0 aromatic heterocycles. The van der Waals surface area contributed by atoms with E-state index in [9.17, 15) is 9.59 Å². The Morgan fingerprint density at radius 2 is 1.70 bits per heavy atom. The lowest BCUT2D eigenvalue weighted by molar-refractivity contribution is -0.115. The number of benzene rings is 4. The van der Waals surface area contributed by atoms with Gasteiger partial charge in [0, 0.05) is 26.6 Å². The van der Waals surface area contributed by atoms with Crippen LogP contribution in [-0.2, 0) is 4.79 Å². The fourth-order valence-corrected chi connectivity index (χ4v) is 7.72. The Hall–Kier alpha value is -4.11. The second kappa shape index (κ2) is 13.3. The molecule has 4 aromatic rings. The van der Waals surface area contributed by atoms with Crippen LogP contribution in [-0.4, -0.2) is 30.3 Å². The summed E-state index contributed by atoms with van der Waals surface area (Å²) in [6.07, 6.45) is 8.23. The Balaban J connectivity index is 1.25. The number of amides is 3. The third kappa shape index (κ3) is 6.38. The number of allylic oxidation sites excluding steroid dienone is 2. The number of methoxy groups -OCH3 is 1.